The van der Waals surface area contributed by atoms with E-state index in [0.29, 0.717) is 11.3 Å². The lowest BCUT2D eigenvalue weighted by Gasteiger charge is -1.96. The highest BCUT2D eigenvalue weighted by Crippen LogP contribution is 2.20. The van der Waals surface area contributed by atoms with Gasteiger partial charge < -0.3 is 4.98 Å². The summed E-state index contributed by atoms with van der Waals surface area (Å²) in [6, 6.07) is 7.77. The number of rotatable bonds is 1. The largest absolute Gasteiger partial charge is 0.321 e. The predicted octanol–water partition coefficient (Wildman–Crippen LogP) is 2.31. The smallest absolute Gasteiger partial charge is 0.197 e. The zero-order valence-corrected chi connectivity index (χ0v) is 9.15. The van der Waals surface area contributed by atoms with Gasteiger partial charge in [0.1, 0.15) is 5.82 Å². The van der Waals surface area contributed by atoms with Crippen LogP contribution in [0.2, 0.25) is 0 Å². The number of benzene rings is 1. The first-order valence-electron chi connectivity index (χ1n) is 4.79. The second-order valence-electron chi connectivity index (χ2n) is 3.36. The van der Waals surface area contributed by atoms with Crippen molar-refractivity contribution in [1.82, 2.24) is 19.9 Å². The Kier molecular flexibility index (Phi) is 2.11. The molecule has 0 atom stereocenters. The van der Waals surface area contributed by atoms with Crippen LogP contribution in [0.1, 0.15) is 0 Å². The molecule has 78 valence electrons. The fourth-order valence-corrected chi connectivity index (χ4v) is 1.76. The van der Waals surface area contributed by atoms with Gasteiger partial charge in [0, 0.05) is 22.9 Å². The number of aromatic amines is 1. The second kappa shape index (κ2) is 3.61. The number of hydrogen-bond donors (Lipinski definition) is 2. The maximum atomic E-state index is 4.36. The Labute approximate surface area is 97.2 Å². The van der Waals surface area contributed by atoms with Crippen molar-refractivity contribution in [2.45, 2.75) is 4.90 Å². The highest BCUT2D eigenvalue weighted by atomic mass is 32.1. The third-order valence-corrected chi connectivity index (χ3v) is 2.53. The van der Waals surface area contributed by atoms with Crippen molar-refractivity contribution in [3.63, 3.8) is 0 Å². The van der Waals surface area contributed by atoms with Crippen molar-refractivity contribution in [3.8, 4) is 11.4 Å². The van der Waals surface area contributed by atoms with Crippen molar-refractivity contribution < 1.29 is 0 Å². The number of nitrogens with zero attached hydrogens (tertiary/aromatic N) is 3. The number of H-pyrrole nitrogens is 1. The molecule has 0 bridgehead atoms. The molecule has 0 saturated carbocycles. The minimum absolute atomic E-state index is 0.627. The van der Waals surface area contributed by atoms with Crippen LogP contribution in [0.5, 0.6) is 0 Å². The van der Waals surface area contributed by atoms with Gasteiger partial charge in [0.25, 0.3) is 0 Å². The fraction of sp³-hybridized carbons (Fsp3) is 0. The molecule has 1 N–H and O–H groups in total. The molecule has 0 saturated heterocycles. The second-order valence-corrected chi connectivity index (χ2v) is 3.88. The number of imidazole rings is 1. The van der Waals surface area contributed by atoms with Crippen LogP contribution in [0, 0.1) is 0 Å². The first-order chi connectivity index (χ1) is 7.83. The lowest BCUT2D eigenvalue weighted by atomic mass is 10.2. The normalized spacial score (nSPS) is 10.8. The number of hydrogen-bond acceptors (Lipinski definition) is 4. The van der Waals surface area contributed by atoms with Gasteiger partial charge in [-0.15, -0.1) is 12.6 Å². The molecule has 0 amide bonds. The zero-order chi connectivity index (χ0) is 11.0. The summed E-state index contributed by atoms with van der Waals surface area (Å²) >= 11 is 4.29. The summed E-state index contributed by atoms with van der Waals surface area (Å²) in [6.07, 6.45) is 3.27. The molecule has 4 nitrogen and oxygen atoms in total. The van der Waals surface area contributed by atoms with E-state index in [1.807, 2.05) is 24.3 Å². The molecule has 0 spiro atoms. The zero-order valence-electron chi connectivity index (χ0n) is 8.25. The molecule has 5 heteroatoms. The van der Waals surface area contributed by atoms with Crippen LogP contribution in [0.3, 0.4) is 0 Å². The van der Waals surface area contributed by atoms with Crippen molar-refractivity contribution in [1.29, 1.82) is 0 Å². The molecule has 0 aliphatic heterocycles. The predicted molar refractivity (Wildman–Crippen MR) is 64.4 cm³/mol. The van der Waals surface area contributed by atoms with Crippen LogP contribution < -0.4 is 0 Å². The number of nitrogens with one attached hydrogen (secondary N) is 1. The highest BCUT2D eigenvalue weighted by molar-refractivity contribution is 7.80. The highest BCUT2D eigenvalue weighted by Gasteiger charge is 2.06. The molecule has 2 aromatic heterocycles. The maximum absolute atomic E-state index is 4.36. The summed E-state index contributed by atoms with van der Waals surface area (Å²) < 4.78 is 0. The molecular formula is C11H8N4S. The summed E-state index contributed by atoms with van der Waals surface area (Å²) in [6.45, 7) is 0. The van der Waals surface area contributed by atoms with Gasteiger partial charge in [-0.3, -0.25) is 0 Å². The summed E-state index contributed by atoms with van der Waals surface area (Å²) in [4.78, 5) is 16.7. The number of thiol groups is 1. The summed E-state index contributed by atoms with van der Waals surface area (Å²) in [5, 5.41) is 0. The van der Waals surface area contributed by atoms with Crippen LogP contribution in [0.4, 0.5) is 0 Å². The molecule has 1 aromatic carbocycles. The molecule has 0 fully saturated rings. The van der Waals surface area contributed by atoms with Gasteiger partial charge in [0.05, 0.1) is 0 Å². The molecule has 0 radical (unpaired) electrons. The quantitative estimate of drug-likeness (QED) is 0.628. The molecule has 0 aliphatic carbocycles. The lowest BCUT2D eigenvalue weighted by Crippen LogP contribution is -1.79. The minimum atomic E-state index is 0.627. The van der Waals surface area contributed by atoms with E-state index in [9.17, 15) is 0 Å². The molecule has 0 aliphatic rings. The summed E-state index contributed by atoms with van der Waals surface area (Å²) in [5.74, 6) is 0.761. The monoisotopic (exact) mass is 228 g/mol. The van der Waals surface area contributed by atoms with Crippen LogP contribution in [0.15, 0.2) is 41.6 Å². The van der Waals surface area contributed by atoms with Gasteiger partial charge in [0.2, 0.25) is 0 Å². The third kappa shape index (κ3) is 1.55. The van der Waals surface area contributed by atoms with E-state index in [1.165, 1.54) is 0 Å². The van der Waals surface area contributed by atoms with E-state index in [0.717, 1.165) is 16.3 Å². The van der Waals surface area contributed by atoms with Gasteiger partial charge in [0.15, 0.2) is 11.3 Å². The van der Waals surface area contributed by atoms with E-state index >= 15 is 0 Å². The van der Waals surface area contributed by atoms with Gasteiger partial charge in [-0.05, 0) is 12.1 Å². The number of aromatic nitrogens is 4. The van der Waals surface area contributed by atoms with E-state index in [-0.39, 0.29) is 0 Å². The Hall–Kier alpha value is -1.88. The Balaban J connectivity index is 2.19. The average Bonchev–Trinajstić information content (AvgIpc) is 2.72. The molecule has 16 heavy (non-hydrogen) atoms. The maximum Gasteiger partial charge on any atom is 0.197 e. The average molecular weight is 228 g/mol. The van der Waals surface area contributed by atoms with E-state index < -0.39 is 0 Å². The molecular weight excluding hydrogens is 220 g/mol. The molecule has 3 rings (SSSR count). The lowest BCUT2D eigenvalue weighted by molar-refractivity contribution is 1.26. The van der Waals surface area contributed by atoms with Gasteiger partial charge in [-0.1, -0.05) is 12.1 Å². The fourth-order valence-electron chi connectivity index (χ4n) is 1.54. The van der Waals surface area contributed by atoms with E-state index in [4.69, 9.17) is 0 Å². The molecule has 3 aromatic rings. The van der Waals surface area contributed by atoms with Gasteiger partial charge in [-0.25, -0.2) is 15.0 Å². The van der Waals surface area contributed by atoms with Crippen molar-refractivity contribution >= 4 is 23.9 Å². The summed E-state index contributed by atoms with van der Waals surface area (Å²) in [5.41, 5.74) is 2.30. The van der Waals surface area contributed by atoms with Gasteiger partial charge >= 0.3 is 0 Å². The Morgan fingerprint density at radius 3 is 2.81 bits per heavy atom. The van der Waals surface area contributed by atoms with E-state index in [1.54, 1.807) is 12.4 Å². The SMILES string of the molecule is Sc1cccc(-c2nc3nccnc3[nH]2)c1. The van der Waals surface area contributed by atoms with Crippen LogP contribution >= 0.6 is 12.6 Å². The summed E-state index contributed by atoms with van der Waals surface area (Å²) in [7, 11) is 0. The van der Waals surface area contributed by atoms with Crippen molar-refractivity contribution in [2.24, 2.45) is 0 Å². The van der Waals surface area contributed by atoms with Crippen LogP contribution in [-0.4, -0.2) is 19.9 Å². The molecule has 0 unspecified atom stereocenters. The van der Waals surface area contributed by atoms with Crippen LogP contribution in [0.25, 0.3) is 22.7 Å². The Morgan fingerprint density at radius 2 is 2.00 bits per heavy atom. The van der Waals surface area contributed by atoms with Gasteiger partial charge in [-0.2, -0.15) is 0 Å². The topological polar surface area (TPSA) is 54.5 Å². The standard InChI is InChI=1S/C11H8N4S/c16-8-3-1-2-7(6-8)9-14-10-11(15-9)13-5-4-12-10/h1-6,16H,(H,12,13,14,15). The van der Waals surface area contributed by atoms with Crippen molar-refractivity contribution in [2.75, 3.05) is 0 Å². The third-order valence-electron chi connectivity index (χ3n) is 2.25. The molecule has 2 heterocycles. The Morgan fingerprint density at radius 1 is 1.12 bits per heavy atom. The first-order valence-corrected chi connectivity index (χ1v) is 5.24. The minimum Gasteiger partial charge on any atom is -0.321 e. The van der Waals surface area contributed by atoms with E-state index in [2.05, 4.69) is 32.6 Å². The van der Waals surface area contributed by atoms with Crippen molar-refractivity contribution in [3.05, 3.63) is 36.7 Å². The Bertz CT molecular complexity index is 614. The number of fused-ring (bicyclic) bond motifs is 1. The van der Waals surface area contributed by atoms with Crippen LogP contribution in [-0.2, 0) is 0 Å². The first kappa shape index (κ1) is 9.35.